The molecule has 1 aliphatic heterocycles. The van der Waals surface area contributed by atoms with Crippen LogP contribution in [0.25, 0.3) is 0 Å². The zero-order valence-electron chi connectivity index (χ0n) is 16.9. The maximum atomic E-state index is 14.0. The molecule has 1 aromatic rings. The van der Waals surface area contributed by atoms with Crippen molar-refractivity contribution in [1.29, 1.82) is 0 Å². The maximum absolute atomic E-state index is 14.0. The van der Waals surface area contributed by atoms with E-state index in [1.54, 1.807) is 14.1 Å². The van der Waals surface area contributed by atoms with E-state index in [4.69, 9.17) is 0 Å². The van der Waals surface area contributed by atoms with Crippen LogP contribution in [0.15, 0.2) is 23.2 Å². The van der Waals surface area contributed by atoms with Crippen molar-refractivity contribution in [1.82, 2.24) is 15.1 Å². The molecule has 1 atom stereocenters. The number of rotatable bonds is 5. The molecule has 0 aliphatic carbocycles. The second-order valence-electron chi connectivity index (χ2n) is 6.95. The fourth-order valence-electron chi connectivity index (χ4n) is 2.73. The summed E-state index contributed by atoms with van der Waals surface area (Å²) in [5, 5.41) is 3.36. The van der Waals surface area contributed by atoms with Crippen molar-refractivity contribution in [3.63, 3.8) is 0 Å². The number of carbonyl (C=O) groups is 1. The van der Waals surface area contributed by atoms with Gasteiger partial charge in [0.25, 0.3) is 0 Å². The van der Waals surface area contributed by atoms with Crippen molar-refractivity contribution < 1.29 is 13.6 Å². The number of anilines is 1. The van der Waals surface area contributed by atoms with E-state index in [0.29, 0.717) is 32.1 Å². The summed E-state index contributed by atoms with van der Waals surface area (Å²) in [5.41, 5.74) is 0.283. The number of nitrogens with one attached hydrogen (secondary N) is 1. The van der Waals surface area contributed by atoms with Crippen molar-refractivity contribution in [2.45, 2.75) is 26.3 Å². The fraction of sp³-hybridized carbons (Fsp3) is 0.579. The molecule has 9 heteroatoms. The lowest BCUT2D eigenvalue weighted by Crippen LogP contribution is -2.54. The monoisotopic (exact) mass is 509 g/mol. The fourth-order valence-corrected chi connectivity index (χ4v) is 2.73. The molecule has 1 aliphatic rings. The zero-order valence-corrected chi connectivity index (χ0v) is 19.2. The molecule has 0 spiro atoms. The van der Waals surface area contributed by atoms with Gasteiger partial charge in [0, 0.05) is 52.4 Å². The summed E-state index contributed by atoms with van der Waals surface area (Å²) < 4.78 is 27.5. The number of amides is 1. The molecule has 1 heterocycles. The SMILES string of the molecule is CCC(C)NC(=NCC(=O)N(C)C)N1CCN(c2cc(F)ccc2F)CC1.I. The standard InChI is InChI=1S/C19H29F2N5O.HI/c1-5-14(2)23-19(22-13-18(27)24(3)4)26-10-8-25(9-11-26)17-12-15(20)6-7-16(17)21;/h6-7,12,14H,5,8-11,13H2,1-4H3,(H,22,23);1H. The van der Waals surface area contributed by atoms with Crippen LogP contribution in [0.1, 0.15) is 20.3 Å². The molecule has 0 aromatic heterocycles. The number of halogens is 3. The van der Waals surface area contributed by atoms with Crippen LogP contribution in [-0.4, -0.2) is 74.5 Å². The Morgan fingerprint density at radius 1 is 1.25 bits per heavy atom. The molecule has 6 nitrogen and oxygen atoms in total. The quantitative estimate of drug-likeness (QED) is 0.377. The normalized spacial score (nSPS) is 15.7. The van der Waals surface area contributed by atoms with Crippen LogP contribution >= 0.6 is 24.0 Å². The summed E-state index contributed by atoms with van der Waals surface area (Å²) in [6.45, 7) is 6.51. The van der Waals surface area contributed by atoms with Crippen LogP contribution in [0.3, 0.4) is 0 Å². The summed E-state index contributed by atoms with van der Waals surface area (Å²) in [4.78, 5) is 21.8. The summed E-state index contributed by atoms with van der Waals surface area (Å²) in [5.74, 6) is -0.261. The van der Waals surface area contributed by atoms with Gasteiger partial charge in [0.1, 0.15) is 18.2 Å². The highest BCUT2D eigenvalue weighted by molar-refractivity contribution is 14.0. The number of likely N-dealkylation sites (N-methyl/N-ethyl adjacent to an activating group) is 1. The number of aliphatic imine (C=N–C) groups is 1. The second-order valence-corrected chi connectivity index (χ2v) is 6.95. The molecule has 28 heavy (non-hydrogen) atoms. The molecule has 0 bridgehead atoms. The van der Waals surface area contributed by atoms with Gasteiger partial charge in [0.2, 0.25) is 5.91 Å². The average Bonchev–Trinajstić information content (AvgIpc) is 2.66. The molecule has 1 amide bonds. The molecule has 1 N–H and O–H groups in total. The summed E-state index contributed by atoms with van der Waals surface area (Å²) in [7, 11) is 3.40. The third kappa shape index (κ3) is 6.75. The van der Waals surface area contributed by atoms with Gasteiger partial charge in [0.05, 0.1) is 5.69 Å². The van der Waals surface area contributed by atoms with Crippen LogP contribution < -0.4 is 10.2 Å². The summed E-state index contributed by atoms with van der Waals surface area (Å²) >= 11 is 0. The molecule has 1 aromatic carbocycles. The van der Waals surface area contributed by atoms with Gasteiger partial charge in [-0.25, -0.2) is 13.8 Å². The van der Waals surface area contributed by atoms with Gasteiger partial charge in [-0.15, -0.1) is 24.0 Å². The van der Waals surface area contributed by atoms with Gasteiger partial charge in [0.15, 0.2) is 5.96 Å². The van der Waals surface area contributed by atoms with Crippen molar-refractivity contribution in [2.75, 3.05) is 51.7 Å². The Kier molecular flexibility index (Phi) is 9.91. The Morgan fingerprint density at radius 2 is 1.89 bits per heavy atom. The summed E-state index contributed by atoms with van der Waals surface area (Å²) in [6, 6.07) is 3.73. The van der Waals surface area contributed by atoms with Gasteiger partial charge >= 0.3 is 0 Å². The molecular weight excluding hydrogens is 479 g/mol. The minimum Gasteiger partial charge on any atom is -0.366 e. The largest absolute Gasteiger partial charge is 0.366 e. The van der Waals surface area contributed by atoms with Crippen LogP contribution in [0.4, 0.5) is 14.5 Å². The Labute approximate surface area is 183 Å². The molecule has 158 valence electrons. The first-order chi connectivity index (χ1) is 12.8. The lowest BCUT2D eigenvalue weighted by Gasteiger charge is -2.38. The molecule has 1 fully saturated rings. The first kappa shape index (κ1) is 24.4. The second kappa shape index (κ2) is 11.4. The van der Waals surface area contributed by atoms with E-state index in [0.717, 1.165) is 18.6 Å². The van der Waals surface area contributed by atoms with Crippen LogP contribution in [0.5, 0.6) is 0 Å². The van der Waals surface area contributed by atoms with E-state index in [-0.39, 0.29) is 48.2 Å². The van der Waals surface area contributed by atoms with Gasteiger partial charge in [-0.2, -0.15) is 0 Å². The van der Waals surface area contributed by atoms with E-state index < -0.39 is 11.6 Å². The molecule has 1 unspecified atom stereocenters. The maximum Gasteiger partial charge on any atom is 0.243 e. The van der Waals surface area contributed by atoms with E-state index in [1.165, 1.54) is 11.0 Å². The molecule has 1 saturated heterocycles. The Hall–Kier alpha value is -1.65. The number of guanidine groups is 1. The van der Waals surface area contributed by atoms with Crippen molar-refractivity contribution >= 4 is 41.5 Å². The molecule has 0 saturated carbocycles. The number of hydrogen-bond donors (Lipinski definition) is 1. The Balaban J connectivity index is 0.00000392. The predicted octanol–water partition coefficient (Wildman–Crippen LogP) is 2.54. The van der Waals surface area contributed by atoms with Gasteiger partial charge in [-0.05, 0) is 25.5 Å². The number of piperazine rings is 1. The first-order valence-corrected chi connectivity index (χ1v) is 9.28. The number of benzene rings is 1. The Morgan fingerprint density at radius 3 is 2.46 bits per heavy atom. The number of carbonyl (C=O) groups excluding carboxylic acids is 1. The van der Waals surface area contributed by atoms with Gasteiger partial charge < -0.3 is 20.0 Å². The molecule has 0 radical (unpaired) electrons. The van der Waals surface area contributed by atoms with Crippen molar-refractivity contribution in [2.24, 2.45) is 4.99 Å². The molecular formula is C19H30F2IN5O. The number of hydrogen-bond acceptors (Lipinski definition) is 3. The minimum absolute atomic E-state index is 0. The van der Waals surface area contributed by atoms with E-state index in [1.807, 2.05) is 4.90 Å². The predicted molar refractivity (Wildman–Crippen MR) is 119 cm³/mol. The highest BCUT2D eigenvalue weighted by Crippen LogP contribution is 2.22. The molecule has 2 rings (SSSR count). The highest BCUT2D eigenvalue weighted by Gasteiger charge is 2.23. The van der Waals surface area contributed by atoms with Crippen molar-refractivity contribution in [3.8, 4) is 0 Å². The topological polar surface area (TPSA) is 51.2 Å². The third-order valence-corrected chi connectivity index (χ3v) is 4.68. The van der Waals surface area contributed by atoms with E-state index in [9.17, 15) is 13.6 Å². The van der Waals surface area contributed by atoms with Gasteiger partial charge in [-0.1, -0.05) is 6.92 Å². The third-order valence-electron chi connectivity index (χ3n) is 4.68. The van der Waals surface area contributed by atoms with Crippen molar-refractivity contribution in [3.05, 3.63) is 29.8 Å². The van der Waals surface area contributed by atoms with E-state index in [2.05, 4.69) is 29.1 Å². The lowest BCUT2D eigenvalue weighted by molar-refractivity contribution is -0.127. The highest BCUT2D eigenvalue weighted by atomic mass is 127. The van der Waals surface area contributed by atoms with Gasteiger partial charge in [-0.3, -0.25) is 4.79 Å². The number of nitrogens with zero attached hydrogens (tertiary/aromatic N) is 4. The van der Waals surface area contributed by atoms with Crippen LogP contribution in [-0.2, 0) is 4.79 Å². The first-order valence-electron chi connectivity index (χ1n) is 9.28. The van der Waals surface area contributed by atoms with E-state index >= 15 is 0 Å². The zero-order chi connectivity index (χ0) is 20.0. The lowest BCUT2D eigenvalue weighted by atomic mass is 10.2. The smallest absolute Gasteiger partial charge is 0.243 e. The van der Waals surface area contributed by atoms with Crippen LogP contribution in [0.2, 0.25) is 0 Å². The Bertz CT molecular complexity index is 678. The van der Waals surface area contributed by atoms with Crippen LogP contribution in [0, 0.1) is 11.6 Å². The minimum atomic E-state index is -0.447. The average molecular weight is 509 g/mol. The summed E-state index contributed by atoms with van der Waals surface area (Å²) in [6.07, 6.45) is 0.926.